The van der Waals surface area contributed by atoms with Crippen LogP contribution in [0.5, 0.6) is 0 Å². The van der Waals surface area contributed by atoms with Crippen molar-refractivity contribution in [3.05, 3.63) is 0 Å². The van der Waals surface area contributed by atoms with Gasteiger partial charge in [-0.2, -0.15) is 0 Å². The van der Waals surface area contributed by atoms with E-state index in [9.17, 15) is 4.79 Å². The number of hydrogen-bond acceptors (Lipinski definition) is 4. The molecule has 1 amide bonds. The van der Waals surface area contributed by atoms with Gasteiger partial charge in [-0.1, -0.05) is 13.8 Å². The average Bonchev–Trinajstić information content (AvgIpc) is 2.49. The lowest BCUT2D eigenvalue weighted by molar-refractivity contribution is 0.0166. The summed E-state index contributed by atoms with van der Waals surface area (Å²) in [4.78, 5) is 16.5. The zero-order valence-corrected chi connectivity index (χ0v) is 15.9. The molecule has 1 heterocycles. The fourth-order valence-electron chi connectivity index (χ4n) is 3.01. The van der Waals surface area contributed by atoms with Crippen molar-refractivity contribution in [2.45, 2.75) is 59.5 Å². The van der Waals surface area contributed by atoms with Crippen molar-refractivity contribution in [3.8, 4) is 0 Å². The Hall–Kier alpha value is -0.810. The number of hydrogen-bond donors (Lipinski definition) is 1. The summed E-state index contributed by atoms with van der Waals surface area (Å²) >= 11 is 0. The van der Waals surface area contributed by atoms with Gasteiger partial charge in [0.25, 0.3) is 0 Å². The molecule has 0 aromatic carbocycles. The quantitative estimate of drug-likeness (QED) is 0.696. The summed E-state index contributed by atoms with van der Waals surface area (Å²) in [6.45, 7) is 17.3. The molecule has 1 unspecified atom stereocenters. The summed E-state index contributed by atoms with van der Waals surface area (Å²) in [5, 5.41) is 3.57. The topological polar surface area (TPSA) is 44.8 Å². The third-order valence-corrected chi connectivity index (χ3v) is 4.20. The molecule has 0 saturated carbocycles. The first-order valence-electron chi connectivity index (χ1n) is 9.26. The predicted octanol–water partition coefficient (Wildman–Crippen LogP) is 2.96. The molecule has 1 rings (SSSR count). The molecule has 0 radical (unpaired) electrons. The largest absolute Gasteiger partial charge is 0.444 e. The maximum Gasteiger partial charge on any atom is 0.410 e. The third kappa shape index (κ3) is 8.56. The van der Waals surface area contributed by atoms with E-state index in [-0.39, 0.29) is 6.09 Å². The maximum absolute atomic E-state index is 12.2. The van der Waals surface area contributed by atoms with Crippen LogP contribution in [0.15, 0.2) is 0 Å². The van der Waals surface area contributed by atoms with Crippen molar-refractivity contribution < 1.29 is 9.53 Å². The summed E-state index contributed by atoms with van der Waals surface area (Å²) in [5.41, 5.74) is -0.412. The van der Waals surface area contributed by atoms with Gasteiger partial charge in [-0.15, -0.1) is 0 Å². The Balaban J connectivity index is 2.26. The second kappa shape index (κ2) is 10.1. The van der Waals surface area contributed by atoms with E-state index in [1.54, 1.807) is 0 Å². The van der Waals surface area contributed by atoms with Gasteiger partial charge in [0.2, 0.25) is 0 Å². The summed E-state index contributed by atoms with van der Waals surface area (Å²) in [5.74, 6) is 0.539. The number of likely N-dealkylation sites (N-methyl/N-ethyl adjacent to an activating group) is 1. The van der Waals surface area contributed by atoms with E-state index < -0.39 is 5.60 Å². The lowest BCUT2D eigenvalue weighted by Gasteiger charge is -2.34. The van der Waals surface area contributed by atoms with Gasteiger partial charge >= 0.3 is 6.09 Å². The Morgan fingerprint density at radius 3 is 2.65 bits per heavy atom. The first kappa shape index (κ1) is 20.2. The number of piperidine rings is 1. The molecule has 0 aromatic heterocycles. The molecule has 136 valence electrons. The zero-order chi connectivity index (χ0) is 17.3. The van der Waals surface area contributed by atoms with Gasteiger partial charge in [-0.25, -0.2) is 4.79 Å². The summed E-state index contributed by atoms with van der Waals surface area (Å²) < 4.78 is 5.48. The van der Waals surface area contributed by atoms with Gasteiger partial charge in [0, 0.05) is 26.2 Å². The lowest BCUT2D eigenvalue weighted by Crippen LogP contribution is -2.45. The molecule has 5 nitrogen and oxygen atoms in total. The standard InChI is InChI=1S/C18H37N3O2/c1-6-11-20(7-2)13-10-19-14-16-9-8-12-21(15-16)17(22)23-18(3,4)5/h16,19H,6-15H2,1-5H3. The number of amides is 1. The number of carbonyl (C=O) groups is 1. The minimum absolute atomic E-state index is 0.165. The maximum atomic E-state index is 12.2. The average molecular weight is 328 g/mol. The summed E-state index contributed by atoms with van der Waals surface area (Å²) in [6.07, 6.45) is 3.31. The van der Waals surface area contributed by atoms with Crippen LogP contribution < -0.4 is 5.32 Å². The molecule has 23 heavy (non-hydrogen) atoms. The van der Waals surface area contributed by atoms with Crippen molar-refractivity contribution in [3.63, 3.8) is 0 Å². The van der Waals surface area contributed by atoms with Crippen LogP contribution in [0.4, 0.5) is 4.79 Å². The minimum atomic E-state index is -0.412. The molecule has 5 heteroatoms. The van der Waals surface area contributed by atoms with Crippen molar-refractivity contribution in [1.82, 2.24) is 15.1 Å². The number of nitrogens with zero attached hydrogens (tertiary/aromatic N) is 2. The van der Waals surface area contributed by atoms with E-state index in [0.29, 0.717) is 5.92 Å². The molecule has 0 aliphatic carbocycles. The van der Waals surface area contributed by atoms with Crippen LogP contribution in [0.25, 0.3) is 0 Å². The lowest BCUT2D eigenvalue weighted by atomic mass is 9.98. The Kier molecular flexibility index (Phi) is 8.92. The van der Waals surface area contributed by atoms with Crippen LogP contribution in [0.2, 0.25) is 0 Å². The molecule has 1 aliphatic rings. The summed E-state index contributed by atoms with van der Waals surface area (Å²) in [7, 11) is 0. The minimum Gasteiger partial charge on any atom is -0.444 e. The monoisotopic (exact) mass is 327 g/mol. The molecule has 1 atom stereocenters. The van der Waals surface area contributed by atoms with E-state index in [2.05, 4.69) is 24.1 Å². The molecule has 0 bridgehead atoms. The predicted molar refractivity (Wildman–Crippen MR) is 95.8 cm³/mol. The van der Waals surface area contributed by atoms with E-state index in [4.69, 9.17) is 4.74 Å². The first-order valence-corrected chi connectivity index (χ1v) is 9.26. The highest BCUT2D eigenvalue weighted by molar-refractivity contribution is 5.68. The molecular formula is C18H37N3O2. The van der Waals surface area contributed by atoms with Gasteiger partial charge in [-0.3, -0.25) is 0 Å². The van der Waals surface area contributed by atoms with Crippen LogP contribution in [0, 0.1) is 5.92 Å². The molecule has 1 aliphatic heterocycles. The third-order valence-electron chi connectivity index (χ3n) is 4.20. The molecule has 1 fully saturated rings. The number of rotatable bonds is 8. The normalized spacial score (nSPS) is 19.2. The fourth-order valence-corrected chi connectivity index (χ4v) is 3.01. The Morgan fingerprint density at radius 2 is 2.04 bits per heavy atom. The molecule has 1 N–H and O–H groups in total. The molecular weight excluding hydrogens is 290 g/mol. The SMILES string of the molecule is CCCN(CC)CCNCC1CCCN(C(=O)OC(C)(C)C)C1. The van der Waals surface area contributed by atoms with E-state index in [1.807, 2.05) is 25.7 Å². The van der Waals surface area contributed by atoms with Crippen LogP contribution in [0.1, 0.15) is 53.9 Å². The van der Waals surface area contributed by atoms with Crippen LogP contribution in [0.3, 0.4) is 0 Å². The van der Waals surface area contributed by atoms with Crippen LogP contribution in [-0.4, -0.2) is 67.3 Å². The van der Waals surface area contributed by atoms with Gasteiger partial charge in [0.15, 0.2) is 0 Å². The second-order valence-corrected chi connectivity index (χ2v) is 7.57. The smallest absolute Gasteiger partial charge is 0.410 e. The van der Waals surface area contributed by atoms with Crippen LogP contribution in [-0.2, 0) is 4.74 Å². The van der Waals surface area contributed by atoms with Crippen molar-refractivity contribution in [2.24, 2.45) is 5.92 Å². The highest BCUT2D eigenvalue weighted by Crippen LogP contribution is 2.18. The number of nitrogens with one attached hydrogen (secondary N) is 1. The fraction of sp³-hybridized carbons (Fsp3) is 0.944. The van der Waals surface area contributed by atoms with Gasteiger partial charge in [-0.05, 0) is 65.6 Å². The van der Waals surface area contributed by atoms with Gasteiger partial charge < -0.3 is 19.9 Å². The number of likely N-dealkylation sites (tertiary alicyclic amines) is 1. The van der Waals surface area contributed by atoms with Crippen molar-refractivity contribution in [2.75, 3.05) is 45.8 Å². The van der Waals surface area contributed by atoms with Crippen molar-refractivity contribution >= 4 is 6.09 Å². The second-order valence-electron chi connectivity index (χ2n) is 7.57. The Labute approximate surface area is 142 Å². The van der Waals surface area contributed by atoms with Crippen molar-refractivity contribution in [1.29, 1.82) is 0 Å². The zero-order valence-electron chi connectivity index (χ0n) is 15.9. The van der Waals surface area contributed by atoms with Crippen LogP contribution >= 0.6 is 0 Å². The first-order chi connectivity index (χ1) is 10.9. The van der Waals surface area contributed by atoms with Gasteiger partial charge in [0.1, 0.15) is 5.60 Å². The molecule has 1 saturated heterocycles. The van der Waals surface area contributed by atoms with E-state index in [0.717, 1.165) is 45.7 Å². The summed E-state index contributed by atoms with van der Waals surface area (Å²) in [6, 6.07) is 0. The highest BCUT2D eigenvalue weighted by Gasteiger charge is 2.27. The highest BCUT2D eigenvalue weighted by atomic mass is 16.6. The number of carbonyl (C=O) groups excluding carboxylic acids is 1. The Bertz CT molecular complexity index is 342. The van der Waals surface area contributed by atoms with E-state index in [1.165, 1.54) is 19.4 Å². The molecule has 0 aromatic rings. The number of ether oxygens (including phenoxy) is 1. The Morgan fingerprint density at radius 1 is 1.30 bits per heavy atom. The molecule has 0 spiro atoms. The van der Waals surface area contributed by atoms with E-state index >= 15 is 0 Å². The van der Waals surface area contributed by atoms with Gasteiger partial charge in [0.05, 0.1) is 0 Å².